The van der Waals surface area contributed by atoms with Gasteiger partial charge in [0.25, 0.3) is 0 Å². The standard InChI is InChI=1S/C17H18O5S/c1-6-11(2)21-15-14(17(3,4)22-16(15)18)12-7-9-13(10-8-12)23(5,19)20/h1,7-11H,2-5H3. The highest BCUT2D eigenvalue weighted by Crippen LogP contribution is 2.40. The van der Waals surface area contributed by atoms with Crippen LogP contribution >= 0.6 is 0 Å². The topological polar surface area (TPSA) is 69.7 Å². The van der Waals surface area contributed by atoms with Gasteiger partial charge in [-0.05, 0) is 38.5 Å². The van der Waals surface area contributed by atoms with Crippen LogP contribution in [0.25, 0.3) is 5.57 Å². The van der Waals surface area contributed by atoms with Gasteiger partial charge in [0.1, 0.15) is 5.60 Å². The highest BCUT2D eigenvalue weighted by molar-refractivity contribution is 7.90. The second kappa shape index (κ2) is 5.74. The van der Waals surface area contributed by atoms with Crippen molar-refractivity contribution in [2.45, 2.75) is 37.4 Å². The normalized spacial score (nSPS) is 18.3. The molecule has 0 saturated carbocycles. The van der Waals surface area contributed by atoms with E-state index in [1.54, 1.807) is 32.9 Å². The highest BCUT2D eigenvalue weighted by atomic mass is 32.2. The zero-order valence-electron chi connectivity index (χ0n) is 13.4. The fourth-order valence-corrected chi connectivity index (χ4v) is 3.00. The molecule has 1 atom stereocenters. The number of hydrogen-bond acceptors (Lipinski definition) is 5. The second-order valence-corrected chi connectivity index (χ2v) is 7.84. The molecular formula is C17H18O5S. The van der Waals surface area contributed by atoms with Crippen LogP contribution in [0.5, 0.6) is 0 Å². The molecule has 1 aliphatic rings. The number of benzene rings is 1. The van der Waals surface area contributed by atoms with E-state index in [9.17, 15) is 13.2 Å². The van der Waals surface area contributed by atoms with Gasteiger partial charge in [0.15, 0.2) is 15.9 Å². The smallest absolute Gasteiger partial charge is 0.375 e. The Balaban J connectivity index is 2.55. The molecule has 0 bridgehead atoms. The lowest BCUT2D eigenvalue weighted by molar-refractivity contribution is -0.147. The van der Waals surface area contributed by atoms with Gasteiger partial charge in [-0.15, -0.1) is 6.42 Å². The first kappa shape index (κ1) is 17.1. The van der Waals surface area contributed by atoms with Crippen LogP contribution in [-0.4, -0.2) is 32.3 Å². The van der Waals surface area contributed by atoms with E-state index < -0.39 is 27.5 Å². The summed E-state index contributed by atoms with van der Waals surface area (Å²) in [4.78, 5) is 12.3. The Bertz CT molecular complexity index is 808. The first-order chi connectivity index (χ1) is 10.6. The lowest BCUT2D eigenvalue weighted by atomic mass is 9.92. The number of esters is 1. The summed E-state index contributed by atoms with van der Waals surface area (Å²) in [5.41, 5.74) is 0.296. The van der Waals surface area contributed by atoms with E-state index in [-0.39, 0.29) is 10.7 Å². The molecule has 2 rings (SSSR count). The van der Waals surface area contributed by atoms with Gasteiger partial charge in [-0.1, -0.05) is 18.1 Å². The molecular weight excluding hydrogens is 316 g/mol. The summed E-state index contributed by atoms with van der Waals surface area (Å²) in [5.74, 6) is 1.88. The Morgan fingerprint density at radius 1 is 1.26 bits per heavy atom. The number of sulfone groups is 1. The maximum Gasteiger partial charge on any atom is 0.375 e. The number of hydrogen-bond donors (Lipinski definition) is 0. The molecule has 0 aliphatic carbocycles. The molecule has 23 heavy (non-hydrogen) atoms. The highest BCUT2D eigenvalue weighted by Gasteiger charge is 2.43. The van der Waals surface area contributed by atoms with Crippen molar-refractivity contribution in [2.24, 2.45) is 0 Å². The van der Waals surface area contributed by atoms with Crippen LogP contribution < -0.4 is 0 Å². The molecule has 1 aromatic rings. The Hall–Kier alpha value is -2.26. The third kappa shape index (κ3) is 3.40. The van der Waals surface area contributed by atoms with E-state index >= 15 is 0 Å². The van der Waals surface area contributed by atoms with Crippen LogP contribution in [-0.2, 0) is 24.1 Å². The van der Waals surface area contributed by atoms with Crippen LogP contribution in [0.1, 0.15) is 26.3 Å². The molecule has 1 aromatic carbocycles. The SMILES string of the molecule is C#CC(C)OC1=C(c2ccc(S(C)(=O)=O)cc2)C(C)(C)OC1=O. The van der Waals surface area contributed by atoms with Crippen LogP contribution in [0.4, 0.5) is 0 Å². The minimum atomic E-state index is -3.29. The average Bonchev–Trinajstić information content (AvgIpc) is 2.67. The van der Waals surface area contributed by atoms with Crippen molar-refractivity contribution in [2.75, 3.05) is 6.26 Å². The number of cyclic esters (lactones) is 1. The number of terminal acetylenes is 1. The monoisotopic (exact) mass is 334 g/mol. The summed E-state index contributed by atoms with van der Waals surface area (Å²) < 4.78 is 34.0. The fourth-order valence-electron chi connectivity index (χ4n) is 2.37. The molecule has 5 nitrogen and oxygen atoms in total. The van der Waals surface area contributed by atoms with Crippen molar-refractivity contribution < 1.29 is 22.7 Å². The molecule has 6 heteroatoms. The molecule has 0 N–H and O–H groups in total. The van der Waals surface area contributed by atoms with E-state index in [0.29, 0.717) is 11.1 Å². The Morgan fingerprint density at radius 2 is 1.83 bits per heavy atom. The van der Waals surface area contributed by atoms with E-state index in [1.165, 1.54) is 12.1 Å². The lowest BCUT2D eigenvalue weighted by Crippen LogP contribution is -2.22. The summed E-state index contributed by atoms with van der Waals surface area (Å²) >= 11 is 0. The molecule has 0 spiro atoms. The molecule has 0 saturated heterocycles. The van der Waals surface area contributed by atoms with Gasteiger partial charge in [0.2, 0.25) is 5.76 Å². The van der Waals surface area contributed by atoms with Crippen molar-refractivity contribution in [1.82, 2.24) is 0 Å². The van der Waals surface area contributed by atoms with Crippen molar-refractivity contribution >= 4 is 21.4 Å². The Kier molecular flexibility index (Phi) is 4.27. The summed E-state index contributed by atoms with van der Waals surface area (Å²) in [6, 6.07) is 6.22. The average molecular weight is 334 g/mol. The number of rotatable bonds is 4. The van der Waals surface area contributed by atoms with Gasteiger partial charge in [-0.2, -0.15) is 0 Å². The van der Waals surface area contributed by atoms with Gasteiger partial charge in [0, 0.05) is 6.26 Å². The number of ether oxygens (including phenoxy) is 2. The predicted octanol–water partition coefficient (Wildman–Crippen LogP) is 2.17. The Labute approximate surface area is 136 Å². The molecule has 0 amide bonds. The minimum Gasteiger partial charge on any atom is -0.470 e. The zero-order chi connectivity index (χ0) is 17.4. The maximum absolute atomic E-state index is 12.1. The van der Waals surface area contributed by atoms with E-state index in [0.717, 1.165) is 6.26 Å². The molecule has 0 radical (unpaired) electrons. The summed E-state index contributed by atoms with van der Waals surface area (Å²) in [6.07, 6.45) is 5.85. The quantitative estimate of drug-likeness (QED) is 0.623. The van der Waals surface area contributed by atoms with Gasteiger partial charge in [-0.3, -0.25) is 0 Å². The van der Waals surface area contributed by atoms with Crippen LogP contribution in [0, 0.1) is 12.3 Å². The predicted molar refractivity (Wildman–Crippen MR) is 86.0 cm³/mol. The molecule has 122 valence electrons. The van der Waals surface area contributed by atoms with Gasteiger partial charge in [0.05, 0.1) is 10.5 Å². The molecule has 1 heterocycles. The number of carbonyl (C=O) groups is 1. The first-order valence-corrected chi connectivity index (χ1v) is 8.87. The van der Waals surface area contributed by atoms with Crippen molar-refractivity contribution in [1.29, 1.82) is 0 Å². The molecule has 0 fully saturated rings. The molecule has 1 unspecified atom stereocenters. The summed E-state index contributed by atoms with van der Waals surface area (Å²) in [6.45, 7) is 5.12. The van der Waals surface area contributed by atoms with Gasteiger partial charge in [-0.25, -0.2) is 13.2 Å². The summed E-state index contributed by atoms with van der Waals surface area (Å²) in [7, 11) is -3.29. The van der Waals surface area contributed by atoms with E-state index in [4.69, 9.17) is 15.9 Å². The first-order valence-electron chi connectivity index (χ1n) is 6.97. The second-order valence-electron chi connectivity index (χ2n) is 5.83. The number of carbonyl (C=O) groups excluding carboxylic acids is 1. The largest absolute Gasteiger partial charge is 0.470 e. The third-order valence-electron chi connectivity index (χ3n) is 3.46. The van der Waals surface area contributed by atoms with E-state index in [2.05, 4.69) is 5.92 Å². The van der Waals surface area contributed by atoms with Crippen molar-refractivity contribution in [3.8, 4) is 12.3 Å². The summed E-state index contributed by atoms with van der Waals surface area (Å²) in [5, 5.41) is 0. The minimum absolute atomic E-state index is 0.0626. The fraction of sp³-hybridized carbons (Fsp3) is 0.353. The maximum atomic E-state index is 12.1. The van der Waals surface area contributed by atoms with Crippen LogP contribution in [0.3, 0.4) is 0 Å². The lowest BCUT2D eigenvalue weighted by Gasteiger charge is -2.21. The van der Waals surface area contributed by atoms with Crippen LogP contribution in [0.2, 0.25) is 0 Å². The van der Waals surface area contributed by atoms with Crippen molar-refractivity contribution in [3.05, 3.63) is 35.6 Å². The molecule has 1 aliphatic heterocycles. The van der Waals surface area contributed by atoms with Gasteiger partial charge < -0.3 is 9.47 Å². The third-order valence-corrected chi connectivity index (χ3v) is 4.59. The molecule has 0 aromatic heterocycles. The Morgan fingerprint density at radius 3 is 2.30 bits per heavy atom. The van der Waals surface area contributed by atoms with E-state index in [1.807, 2.05) is 0 Å². The van der Waals surface area contributed by atoms with Gasteiger partial charge >= 0.3 is 5.97 Å². The van der Waals surface area contributed by atoms with Crippen LogP contribution in [0.15, 0.2) is 34.9 Å². The van der Waals surface area contributed by atoms with Crippen molar-refractivity contribution in [3.63, 3.8) is 0 Å². The zero-order valence-corrected chi connectivity index (χ0v) is 14.2.